The normalized spacial score (nSPS) is 11.3. The maximum atomic E-state index is 13.6. The summed E-state index contributed by atoms with van der Waals surface area (Å²) < 4.78 is 17.8. The molecule has 3 heterocycles. The molecule has 0 aliphatic heterocycles. The third-order valence-electron chi connectivity index (χ3n) is 5.16. The van der Waals surface area contributed by atoms with Gasteiger partial charge in [0, 0.05) is 5.39 Å². The van der Waals surface area contributed by atoms with Crippen LogP contribution in [0.25, 0.3) is 21.2 Å². The first-order valence-corrected chi connectivity index (χ1v) is 10.8. The van der Waals surface area contributed by atoms with Gasteiger partial charge in [0.2, 0.25) is 0 Å². The van der Waals surface area contributed by atoms with Crippen molar-refractivity contribution in [3.05, 3.63) is 77.9 Å². The molecule has 0 unspecified atom stereocenters. The van der Waals surface area contributed by atoms with E-state index in [-0.39, 0.29) is 18.2 Å². The van der Waals surface area contributed by atoms with Crippen LogP contribution in [-0.2, 0) is 13.0 Å². The fraction of sp³-hybridized carbons (Fsp3) is 0.167. The van der Waals surface area contributed by atoms with E-state index in [2.05, 4.69) is 19.1 Å². The van der Waals surface area contributed by atoms with Crippen molar-refractivity contribution in [2.45, 2.75) is 19.9 Å². The summed E-state index contributed by atoms with van der Waals surface area (Å²) in [6.07, 6.45) is 2.54. The molecular weight excluding hydrogens is 412 g/mol. The number of thiazole rings is 1. The van der Waals surface area contributed by atoms with E-state index in [9.17, 15) is 4.79 Å². The van der Waals surface area contributed by atoms with E-state index in [4.69, 9.17) is 18.6 Å². The number of methoxy groups -OCH3 is 1. The minimum atomic E-state index is -0.288. The van der Waals surface area contributed by atoms with Crippen molar-refractivity contribution in [1.82, 2.24) is 4.98 Å². The molecule has 5 rings (SSSR count). The van der Waals surface area contributed by atoms with Crippen LogP contribution >= 0.6 is 11.3 Å². The molecule has 0 fully saturated rings. The van der Waals surface area contributed by atoms with Crippen molar-refractivity contribution < 1.29 is 18.4 Å². The van der Waals surface area contributed by atoms with Crippen LogP contribution in [0.2, 0.25) is 0 Å². The molecule has 0 saturated carbocycles. The predicted octanol–water partition coefficient (Wildman–Crippen LogP) is 6.05. The highest BCUT2D eigenvalue weighted by atomic mass is 32.1. The molecule has 0 spiro atoms. The van der Waals surface area contributed by atoms with Gasteiger partial charge in [0.05, 0.1) is 30.1 Å². The number of benzene rings is 2. The SMILES string of the molecule is CCc1ccc2nc(N(Cc3ccco3)C(=O)c3cc4cccc(OC)c4o3)sc2c1. The summed E-state index contributed by atoms with van der Waals surface area (Å²) in [6, 6.07) is 17.1. The highest BCUT2D eigenvalue weighted by molar-refractivity contribution is 7.22. The minimum absolute atomic E-state index is 0.222. The monoisotopic (exact) mass is 432 g/mol. The molecule has 1 amide bonds. The second-order valence-electron chi connectivity index (χ2n) is 7.11. The number of para-hydroxylation sites is 1. The van der Waals surface area contributed by atoms with Crippen LogP contribution in [0.15, 0.2) is 69.7 Å². The lowest BCUT2D eigenvalue weighted by molar-refractivity contribution is 0.0958. The smallest absolute Gasteiger partial charge is 0.296 e. The molecular formula is C24H20N2O4S. The van der Waals surface area contributed by atoms with E-state index in [1.165, 1.54) is 16.9 Å². The molecule has 7 heteroatoms. The Kier molecular flexibility index (Phi) is 4.95. The number of hydrogen-bond acceptors (Lipinski definition) is 6. The zero-order valence-electron chi connectivity index (χ0n) is 17.1. The molecule has 0 bridgehead atoms. The van der Waals surface area contributed by atoms with Gasteiger partial charge in [-0.25, -0.2) is 4.98 Å². The van der Waals surface area contributed by atoms with Crippen LogP contribution in [-0.4, -0.2) is 18.0 Å². The first kappa shape index (κ1) is 19.4. The number of rotatable bonds is 6. The number of anilines is 1. The topological polar surface area (TPSA) is 68.7 Å². The van der Waals surface area contributed by atoms with Gasteiger partial charge in [-0.2, -0.15) is 0 Å². The average molecular weight is 433 g/mol. The minimum Gasteiger partial charge on any atom is -0.493 e. The number of amides is 1. The maximum absolute atomic E-state index is 13.6. The van der Waals surface area contributed by atoms with E-state index in [1.54, 1.807) is 36.5 Å². The van der Waals surface area contributed by atoms with Gasteiger partial charge in [0.15, 0.2) is 22.2 Å². The lowest BCUT2D eigenvalue weighted by Gasteiger charge is -2.17. The Hall–Kier alpha value is -3.58. The standard InChI is InChI=1S/C24H20N2O4S/c1-3-15-9-10-18-21(12-15)31-24(25-18)26(14-17-7-5-11-29-17)23(27)20-13-16-6-4-8-19(28-2)22(16)30-20/h4-13H,3,14H2,1-2H3. The Bertz CT molecular complexity index is 1370. The average Bonchev–Trinajstić information content (AvgIpc) is 3.54. The van der Waals surface area contributed by atoms with Crippen LogP contribution in [0.4, 0.5) is 5.13 Å². The molecule has 0 saturated heterocycles. The Labute approximate surface area is 182 Å². The molecule has 31 heavy (non-hydrogen) atoms. The number of furan rings is 2. The van der Waals surface area contributed by atoms with Gasteiger partial charge in [-0.3, -0.25) is 9.69 Å². The van der Waals surface area contributed by atoms with Crippen molar-refractivity contribution in [3.63, 3.8) is 0 Å². The third kappa shape index (κ3) is 3.57. The van der Waals surface area contributed by atoms with E-state index < -0.39 is 0 Å². The summed E-state index contributed by atoms with van der Waals surface area (Å²) in [5.74, 6) is 1.18. The zero-order valence-corrected chi connectivity index (χ0v) is 17.9. The number of aryl methyl sites for hydroxylation is 1. The van der Waals surface area contributed by atoms with E-state index in [1.807, 2.05) is 24.3 Å². The number of aromatic nitrogens is 1. The number of carbonyl (C=O) groups excluding carboxylic acids is 1. The zero-order chi connectivity index (χ0) is 21.4. The lowest BCUT2D eigenvalue weighted by Crippen LogP contribution is -2.29. The molecule has 0 aliphatic carbocycles. The quantitative estimate of drug-likeness (QED) is 0.326. The van der Waals surface area contributed by atoms with Gasteiger partial charge in [-0.05, 0) is 48.4 Å². The van der Waals surface area contributed by atoms with E-state index in [0.29, 0.717) is 22.2 Å². The first-order valence-electron chi connectivity index (χ1n) is 9.96. The lowest BCUT2D eigenvalue weighted by atomic mass is 10.2. The van der Waals surface area contributed by atoms with Crippen LogP contribution < -0.4 is 9.64 Å². The summed E-state index contributed by atoms with van der Waals surface area (Å²) in [6.45, 7) is 2.37. The highest BCUT2D eigenvalue weighted by Crippen LogP contribution is 2.34. The number of carbonyl (C=O) groups is 1. The summed E-state index contributed by atoms with van der Waals surface area (Å²) in [5, 5.41) is 1.40. The van der Waals surface area contributed by atoms with Crippen molar-refractivity contribution in [2.75, 3.05) is 12.0 Å². The van der Waals surface area contributed by atoms with Gasteiger partial charge in [0.25, 0.3) is 5.91 Å². The number of fused-ring (bicyclic) bond motifs is 2. The molecule has 2 aromatic carbocycles. The Balaban J connectivity index is 1.58. The fourth-order valence-electron chi connectivity index (χ4n) is 3.51. The number of nitrogens with zero attached hydrogens (tertiary/aromatic N) is 2. The molecule has 3 aromatic heterocycles. The molecule has 0 radical (unpaired) electrons. The Morgan fingerprint density at radius 3 is 2.84 bits per heavy atom. The fourth-order valence-corrected chi connectivity index (χ4v) is 4.54. The van der Waals surface area contributed by atoms with Crippen molar-refractivity contribution in [1.29, 1.82) is 0 Å². The second kappa shape index (κ2) is 7.92. The largest absolute Gasteiger partial charge is 0.493 e. The Morgan fingerprint density at radius 2 is 2.06 bits per heavy atom. The van der Waals surface area contributed by atoms with Gasteiger partial charge in [0.1, 0.15) is 5.76 Å². The Morgan fingerprint density at radius 1 is 1.16 bits per heavy atom. The summed E-state index contributed by atoms with van der Waals surface area (Å²) in [4.78, 5) is 19.9. The first-order chi connectivity index (χ1) is 15.2. The third-order valence-corrected chi connectivity index (χ3v) is 6.20. The second-order valence-corrected chi connectivity index (χ2v) is 8.12. The molecule has 6 nitrogen and oxygen atoms in total. The van der Waals surface area contributed by atoms with E-state index >= 15 is 0 Å². The molecule has 0 aliphatic rings. The van der Waals surface area contributed by atoms with Gasteiger partial charge < -0.3 is 13.6 Å². The van der Waals surface area contributed by atoms with Crippen LogP contribution in [0.1, 0.15) is 28.8 Å². The molecule has 0 N–H and O–H groups in total. The van der Waals surface area contributed by atoms with Gasteiger partial charge in [-0.15, -0.1) is 0 Å². The van der Waals surface area contributed by atoms with Crippen LogP contribution in [0, 0.1) is 0 Å². The van der Waals surface area contributed by atoms with Crippen LogP contribution in [0.5, 0.6) is 5.75 Å². The summed E-state index contributed by atoms with van der Waals surface area (Å²) in [5.41, 5.74) is 2.64. The van der Waals surface area contributed by atoms with Gasteiger partial charge >= 0.3 is 0 Å². The van der Waals surface area contributed by atoms with Crippen molar-refractivity contribution in [3.8, 4) is 5.75 Å². The van der Waals surface area contributed by atoms with Crippen molar-refractivity contribution >= 4 is 43.6 Å². The summed E-state index contributed by atoms with van der Waals surface area (Å²) >= 11 is 1.48. The van der Waals surface area contributed by atoms with Gasteiger partial charge in [-0.1, -0.05) is 36.5 Å². The summed E-state index contributed by atoms with van der Waals surface area (Å²) in [7, 11) is 1.58. The molecule has 0 atom stereocenters. The molecule has 5 aromatic rings. The predicted molar refractivity (Wildman–Crippen MR) is 121 cm³/mol. The van der Waals surface area contributed by atoms with E-state index in [0.717, 1.165) is 22.0 Å². The maximum Gasteiger partial charge on any atom is 0.296 e. The number of ether oxygens (including phenoxy) is 1. The molecule has 156 valence electrons. The van der Waals surface area contributed by atoms with Crippen LogP contribution in [0.3, 0.4) is 0 Å². The van der Waals surface area contributed by atoms with Crippen molar-refractivity contribution in [2.24, 2.45) is 0 Å². The number of hydrogen-bond donors (Lipinski definition) is 0. The highest BCUT2D eigenvalue weighted by Gasteiger charge is 2.26.